The van der Waals surface area contributed by atoms with E-state index >= 15 is 0 Å². The first-order valence-electron chi connectivity index (χ1n) is 9.38. The SMILES string of the molecule is CCO[Si](CCCS(=O)(=O)[Si](OCC)(OCC)OCC)(OCC)OCC. The van der Waals surface area contributed by atoms with Gasteiger partial charge in [-0.05, 0) is 48.0 Å². The fraction of sp³-hybridized carbons (Fsp3) is 1.00. The van der Waals surface area contributed by atoms with Crippen molar-refractivity contribution in [3.63, 3.8) is 0 Å². The Bertz CT molecular complexity index is 427. The van der Waals surface area contributed by atoms with Gasteiger partial charge in [0.2, 0.25) is 9.29 Å². The van der Waals surface area contributed by atoms with Crippen LogP contribution in [0.25, 0.3) is 0 Å². The largest absolute Gasteiger partial charge is 0.634 e. The zero-order chi connectivity index (χ0) is 20.1. The van der Waals surface area contributed by atoms with Crippen LogP contribution in [0.4, 0.5) is 0 Å². The van der Waals surface area contributed by atoms with Gasteiger partial charge in [-0.3, -0.25) is 0 Å². The molecule has 0 unspecified atom stereocenters. The highest BCUT2D eigenvalue weighted by Gasteiger charge is 2.56. The molecule has 0 saturated carbocycles. The Kier molecular flexibility index (Phi) is 13.4. The Morgan fingerprint density at radius 3 is 1.27 bits per heavy atom. The molecular weight excluding hydrogens is 396 g/mol. The summed E-state index contributed by atoms with van der Waals surface area (Å²) in [5.41, 5.74) is 0. The van der Waals surface area contributed by atoms with Gasteiger partial charge in [-0.1, -0.05) is 0 Å². The van der Waals surface area contributed by atoms with Crippen LogP contribution < -0.4 is 0 Å². The van der Waals surface area contributed by atoms with Gasteiger partial charge in [0.05, 0.1) is 5.75 Å². The van der Waals surface area contributed by atoms with Gasteiger partial charge in [0.1, 0.15) is 0 Å². The van der Waals surface area contributed by atoms with Crippen molar-refractivity contribution in [2.45, 2.75) is 54.0 Å². The Hall–Kier alpha value is 0.144. The minimum absolute atomic E-state index is 0.124. The van der Waals surface area contributed by atoms with E-state index in [1.54, 1.807) is 20.8 Å². The number of hydrogen-bond acceptors (Lipinski definition) is 8. The van der Waals surface area contributed by atoms with Crippen molar-refractivity contribution in [1.82, 2.24) is 0 Å². The van der Waals surface area contributed by atoms with Crippen molar-refractivity contribution in [1.29, 1.82) is 0 Å². The molecule has 0 amide bonds. The fourth-order valence-electron chi connectivity index (χ4n) is 2.53. The predicted octanol–water partition coefficient (Wildman–Crippen LogP) is 2.38. The van der Waals surface area contributed by atoms with Crippen LogP contribution >= 0.6 is 0 Å². The summed E-state index contributed by atoms with van der Waals surface area (Å²) >= 11 is 0. The third-order valence-electron chi connectivity index (χ3n) is 3.33. The van der Waals surface area contributed by atoms with Crippen molar-refractivity contribution in [3.05, 3.63) is 0 Å². The van der Waals surface area contributed by atoms with Crippen molar-refractivity contribution in [2.24, 2.45) is 0 Å². The maximum absolute atomic E-state index is 13.0. The maximum Gasteiger partial charge on any atom is 0.634 e. The summed E-state index contributed by atoms with van der Waals surface area (Å²) < 4.78 is 59.8. The third kappa shape index (κ3) is 7.64. The second-order valence-corrected chi connectivity index (χ2v) is 14.8. The summed E-state index contributed by atoms with van der Waals surface area (Å²) in [6.07, 6.45) is 0.330. The lowest BCUT2D eigenvalue weighted by molar-refractivity contribution is 0.0710. The van der Waals surface area contributed by atoms with Crippen molar-refractivity contribution in [3.8, 4) is 0 Å². The predicted molar refractivity (Wildman–Crippen MR) is 104 cm³/mol. The highest BCUT2D eigenvalue weighted by atomic mass is 32.4. The Labute approximate surface area is 160 Å². The second kappa shape index (κ2) is 13.3. The monoisotopic (exact) mass is 432 g/mol. The minimum atomic E-state index is -3.81. The molecule has 158 valence electrons. The molecule has 0 aromatic heterocycles. The third-order valence-corrected chi connectivity index (χ3v) is 14.0. The molecule has 0 rings (SSSR count). The zero-order valence-electron chi connectivity index (χ0n) is 17.0. The van der Waals surface area contributed by atoms with Gasteiger partial charge in [-0.2, -0.15) is 0 Å². The second-order valence-electron chi connectivity index (χ2n) is 5.20. The smallest absolute Gasteiger partial charge is 0.374 e. The van der Waals surface area contributed by atoms with Gasteiger partial charge in [0.15, 0.2) is 0 Å². The molecular formula is C15H36O8SSi2. The molecule has 0 saturated heterocycles. The molecule has 0 bridgehead atoms. The summed E-state index contributed by atoms with van der Waals surface area (Å²) in [5, 5.41) is 0. The fourth-order valence-corrected chi connectivity index (χ4v) is 11.9. The van der Waals surface area contributed by atoms with Gasteiger partial charge in [-0.15, -0.1) is 0 Å². The summed E-state index contributed by atoms with van der Waals surface area (Å²) in [4.78, 5) is 0. The van der Waals surface area contributed by atoms with Crippen LogP contribution in [0.1, 0.15) is 48.0 Å². The molecule has 8 nitrogen and oxygen atoms in total. The number of hydrogen-bond donors (Lipinski definition) is 0. The molecule has 0 aliphatic carbocycles. The van der Waals surface area contributed by atoms with E-state index in [-0.39, 0.29) is 25.6 Å². The van der Waals surface area contributed by atoms with Crippen LogP contribution in [0.5, 0.6) is 0 Å². The molecule has 0 spiro atoms. The van der Waals surface area contributed by atoms with Gasteiger partial charge in [0.25, 0.3) is 0 Å². The number of rotatable bonds is 17. The van der Waals surface area contributed by atoms with Gasteiger partial charge in [-0.25, -0.2) is 8.42 Å². The quantitative estimate of drug-likeness (QED) is 0.324. The van der Waals surface area contributed by atoms with E-state index in [9.17, 15) is 8.42 Å². The van der Waals surface area contributed by atoms with E-state index in [1.807, 2.05) is 20.8 Å². The molecule has 0 N–H and O–H groups in total. The molecule has 26 heavy (non-hydrogen) atoms. The van der Waals surface area contributed by atoms with E-state index in [0.717, 1.165) is 0 Å². The van der Waals surface area contributed by atoms with Crippen molar-refractivity contribution in [2.75, 3.05) is 45.4 Å². The Morgan fingerprint density at radius 1 is 0.615 bits per heavy atom. The van der Waals surface area contributed by atoms with E-state index in [4.69, 9.17) is 26.6 Å². The first kappa shape index (κ1) is 26.1. The van der Waals surface area contributed by atoms with Gasteiger partial charge >= 0.3 is 16.8 Å². The molecule has 0 aromatic rings. The van der Waals surface area contributed by atoms with Crippen molar-refractivity contribution >= 4 is 26.0 Å². The topological polar surface area (TPSA) is 89.5 Å². The molecule has 0 heterocycles. The van der Waals surface area contributed by atoms with Crippen molar-refractivity contribution < 1.29 is 35.0 Å². The summed E-state index contributed by atoms with van der Waals surface area (Å²) in [6, 6.07) is 0.413. The molecule has 0 radical (unpaired) electrons. The van der Waals surface area contributed by atoms with Crippen LogP contribution in [0.3, 0.4) is 0 Å². The summed E-state index contributed by atoms with van der Waals surface area (Å²) in [6.45, 7) is 12.8. The van der Waals surface area contributed by atoms with Crippen LogP contribution in [0.15, 0.2) is 0 Å². The average Bonchev–Trinajstić information content (AvgIpc) is 2.56. The lowest BCUT2D eigenvalue weighted by Gasteiger charge is -2.30. The van der Waals surface area contributed by atoms with E-state index in [1.165, 1.54) is 0 Å². The van der Waals surface area contributed by atoms with E-state index in [0.29, 0.717) is 32.3 Å². The molecule has 11 heteroatoms. The standard InChI is InChI=1S/C15H36O8SSi2/c1-7-18-25(19-8-2,20-9-3)15-13-14-24(16,17)26(21-10-4,22-11-5)23-12-6/h7-15H2,1-6H3. The first-order valence-corrected chi connectivity index (χ1v) is 15.4. The van der Waals surface area contributed by atoms with Crippen LogP contribution in [0.2, 0.25) is 6.04 Å². The molecule has 0 fully saturated rings. The van der Waals surface area contributed by atoms with E-state index < -0.39 is 26.0 Å². The molecule has 0 atom stereocenters. The van der Waals surface area contributed by atoms with Crippen LogP contribution in [-0.2, 0) is 35.8 Å². The highest BCUT2D eigenvalue weighted by molar-refractivity contribution is 8.19. The molecule has 0 aliphatic heterocycles. The highest BCUT2D eigenvalue weighted by Crippen LogP contribution is 2.23. The van der Waals surface area contributed by atoms with Crippen LogP contribution in [0, 0.1) is 0 Å². The lowest BCUT2D eigenvalue weighted by Crippen LogP contribution is -2.55. The normalized spacial score (nSPS) is 13.3. The maximum atomic E-state index is 13.0. The Morgan fingerprint density at radius 2 is 0.962 bits per heavy atom. The van der Waals surface area contributed by atoms with E-state index in [2.05, 4.69) is 0 Å². The lowest BCUT2D eigenvalue weighted by atomic mass is 10.6. The van der Waals surface area contributed by atoms with Gasteiger partial charge in [0, 0.05) is 45.7 Å². The summed E-state index contributed by atoms with van der Waals surface area (Å²) in [5.74, 6) is -0.124. The molecule has 0 aliphatic rings. The van der Waals surface area contributed by atoms with Gasteiger partial charge < -0.3 is 26.6 Å². The minimum Gasteiger partial charge on any atom is -0.374 e. The first-order chi connectivity index (χ1) is 12.3. The Balaban J connectivity index is 5.25. The molecule has 0 aromatic carbocycles. The zero-order valence-corrected chi connectivity index (χ0v) is 19.9. The summed E-state index contributed by atoms with van der Waals surface area (Å²) in [7, 11) is -10.4. The average molecular weight is 433 g/mol. The van der Waals surface area contributed by atoms with Crippen LogP contribution in [-0.4, -0.2) is 70.6 Å².